The minimum absolute atomic E-state index is 0.0212. The number of benzene rings is 2. The lowest BCUT2D eigenvalue weighted by Gasteiger charge is -2.37. The lowest BCUT2D eigenvalue weighted by molar-refractivity contribution is -0.228. The number of amides is 2. The number of piperidine rings is 1. The van der Waals surface area contributed by atoms with Gasteiger partial charge in [-0.15, -0.1) is 0 Å². The van der Waals surface area contributed by atoms with Gasteiger partial charge in [0.2, 0.25) is 5.67 Å². The largest absolute Gasteiger partial charge is 0.481 e. The predicted molar refractivity (Wildman–Crippen MR) is 132 cm³/mol. The van der Waals surface area contributed by atoms with Gasteiger partial charge in [-0.25, -0.2) is 22.0 Å². The van der Waals surface area contributed by atoms with Gasteiger partial charge in [-0.1, -0.05) is 18.2 Å². The Hall–Kier alpha value is -3.22. The number of nitrogens with zero attached hydrogens (tertiary/aromatic N) is 2. The number of hydrogen-bond acceptors (Lipinski definition) is 4. The van der Waals surface area contributed by atoms with Gasteiger partial charge in [0.25, 0.3) is 0 Å². The maximum absolute atomic E-state index is 14.9. The van der Waals surface area contributed by atoms with Gasteiger partial charge in [-0.05, 0) is 73.6 Å². The quantitative estimate of drug-likeness (QED) is 0.411. The minimum Gasteiger partial charge on any atom is -0.481 e. The Kier molecular flexibility index (Phi) is 6.67. The number of carboxylic acids is 1. The molecule has 2 saturated heterocycles. The molecule has 7 nitrogen and oxygen atoms in total. The van der Waals surface area contributed by atoms with Crippen LogP contribution in [0.15, 0.2) is 47.4 Å². The number of carbonyl (C=O) groups excluding carboxylic acids is 1. The van der Waals surface area contributed by atoms with Crippen LogP contribution in [-0.4, -0.2) is 67.2 Å². The van der Waals surface area contributed by atoms with Crippen molar-refractivity contribution in [2.45, 2.75) is 60.1 Å². The van der Waals surface area contributed by atoms with Gasteiger partial charge < -0.3 is 14.9 Å². The Balaban J connectivity index is 1.58. The highest BCUT2D eigenvalue weighted by atomic mass is 32.2. The molecule has 13 heteroatoms. The molecule has 216 valence electrons. The van der Waals surface area contributed by atoms with Crippen LogP contribution >= 0.6 is 0 Å². The molecule has 40 heavy (non-hydrogen) atoms. The lowest BCUT2D eigenvalue weighted by Crippen LogP contribution is -2.52. The molecule has 0 radical (unpaired) electrons. The first kappa shape index (κ1) is 28.3. The van der Waals surface area contributed by atoms with Crippen molar-refractivity contribution in [2.24, 2.45) is 5.92 Å². The fraction of sp³-hybridized carbons (Fsp3) is 0.481. The van der Waals surface area contributed by atoms with E-state index in [1.165, 1.54) is 15.9 Å². The second-order valence-electron chi connectivity index (χ2n) is 10.8. The topological polar surface area (TPSA) is 95.0 Å². The Labute approximate surface area is 227 Å². The van der Waals surface area contributed by atoms with E-state index in [4.69, 9.17) is 0 Å². The lowest BCUT2D eigenvalue weighted by atomic mass is 9.91. The van der Waals surface area contributed by atoms with Crippen LogP contribution in [0.5, 0.6) is 0 Å². The number of sulfone groups is 1. The van der Waals surface area contributed by atoms with Gasteiger partial charge in [0.05, 0.1) is 16.9 Å². The summed E-state index contributed by atoms with van der Waals surface area (Å²) in [6, 6.07) is 5.81. The van der Waals surface area contributed by atoms with Gasteiger partial charge in [0.1, 0.15) is 10.6 Å². The van der Waals surface area contributed by atoms with E-state index in [1.807, 2.05) is 0 Å². The number of halogens is 5. The third kappa shape index (κ3) is 4.15. The Morgan fingerprint density at radius 1 is 1.00 bits per heavy atom. The van der Waals surface area contributed by atoms with Gasteiger partial charge in [0, 0.05) is 19.6 Å². The normalized spacial score (nSPS) is 24.9. The summed E-state index contributed by atoms with van der Waals surface area (Å²) < 4.78 is 95.6. The second kappa shape index (κ2) is 9.42. The monoisotopic (exact) mass is 586 g/mol. The first-order valence-electron chi connectivity index (χ1n) is 12.8. The summed E-state index contributed by atoms with van der Waals surface area (Å²) in [5, 5.41) is 9.28. The molecule has 1 N–H and O–H groups in total. The van der Waals surface area contributed by atoms with Gasteiger partial charge in [-0.3, -0.25) is 4.79 Å². The molecule has 3 atom stereocenters. The minimum atomic E-state index is -5.21. The zero-order chi connectivity index (χ0) is 29.3. The van der Waals surface area contributed by atoms with E-state index in [9.17, 15) is 45.1 Å². The number of aliphatic carboxylic acids is 1. The van der Waals surface area contributed by atoms with Crippen molar-refractivity contribution < 1.29 is 45.1 Å². The Morgan fingerprint density at radius 3 is 2.20 bits per heavy atom. The molecule has 0 bridgehead atoms. The predicted octanol–water partition coefficient (Wildman–Crippen LogP) is 4.79. The zero-order valence-electron chi connectivity index (χ0n) is 21.4. The number of carbonyl (C=O) groups is 2. The molecule has 2 heterocycles. The second-order valence-corrected chi connectivity index (χ2v) is 13.0. The number of carboxylic acid groups (broad SMARTS) is 1. The van der Waals surface area contributed by atoms with E-state index < -0.39 is 61.8 Å². The van der Waals surface area contributed by atoms with Crippen molar-refractivity contribution >= 4 is 21.8 Å². The molecule has 0 aromatic heterocycles. The molecule has 2 fully saturated rings. The molecule has 0 saturated carbocycles. The Bertz CT molecular complexity index is 1450. The highest BCUT2D eigenvalue weighted by Gasteiger charge is 2.63. The molecule has 2 aliphatic heterocycles. The van der Waals surface area contributed by atoms with Crippen molar-refractivity contribution in [1.82, 2.24) is 9.80 Å². The van der Waals surface area contributed by atoms with Crippen LogP contribution in [0.1, 0.15) is 42.9 Å². The number of likely N-dealkylation sites (tertiary alicyclic amines) is 2. The molecule has 5 rings (SSSR count). The molecule has 3 aliphatic rings. The van der Waals surface area contributed by atoms with Crippen molar-refractivity contribution in [2.75, 3.05) is 19.6 Å². The first-order chi connectivity index (χ1) is 18.6. The maximum Gasteiger partial charge on any atom is 0.426 e. The smallest absolute Gasteiger partial charge is 0.426 e. The molecule has 2 aromatic carbocycles. The average Bonchev–Trinajstić information content (AvgIpc) is 3.43. The first-order valence-corrected chi connectivity index (χ1v) is 14.3. The van der Waals surface area contributed by atoms with Crippen LogP contribution in [0.25, 0.3) is 0 Å². The van der Waals surface area contributed by atoms with E-state index in [-0.39, 0.29) is 61.3 Å². The van der Waals surface area contributed by atoms with E-state index in [0.717, 1.165) is 36.4 Å². The summed E-state index contributed by atoms with van der Waals surface area (Å²) >= 11 is 0. The van der Waals surface area contributed by atoms with E-state index in [2.05, 4.69) is 0 Å². The van der Waals surface area contributed by atoms with Gasteiger partial charge >= 0.3 is 18.2 Å². The van der Waals surface area contributed by atoms with E-state index in [1.54, 1.807) is 0 Å². The van der Waals surface area contributed by atoms with Crippen LogP contribution in [0.2, 0.25) is 0 Å². The van der Waals surface area contributed by atoms with Crippen LogP contribution in [0.4, 0.5) is 26.7 Å². The fourth-order valence-corrected chi connectivity index (χ4v) is 8.63. The number of urea groups is 1. The third-order valence-electron chi connectivity index (χ3n) is 8.65. The summed E-state index contributed by atoms with van der Waals surface area (Å²) in [5.74, 6) is -2.22. The highest BCUT2D eigenvalue weighted by molar-refractivity contribution is 7.92. The van der Waals surface area contributed by atoms with Crippen LogP contribution < -0.4 is 0 Å². The summed E-state index contributed by atoms with van der Waals surface area (Å²) in [4.78, 5) is 27.6. The van der Waals surface area contributed by atoms with Crippen LogP contribution in [0, 0.1) is 11.7 Å². The maximum atomic E-state index is 14.9. The number of hydrogen-bond donors (Lipinski definition) is 1. The van der Waals surface area contributed by atoms with E-state index in [0.29, 0.717) is 6.92 Å². The zero-order valence-corrected chi connectivity index (χ0v) is 22.2. The molecule has 2 amide bonds. The highest BCUT2D eigenvalue weighted by Crippen LogP contribution is 2.55. The summed E-state index contributed by atoms with van der Waals surface area (Å²) in [6.07, 6.45) is -4.96. The van der Waals surface area contributed by atoms with E-state index >= 15 is 0 Å². The SMILES string of the molecule is CC(F)(c1ccc2c(c1)CC1N(C(=O)N3CCC(C(=O)O)CC3)CCC21S(=O)(=O)c1ccc(F)cc1)C(F)(F)F. The summed E-state index contributed by atoms with van der Waals surface area (Å²) in [7, 11) is -4.33. The summed E-state index contributed by atoms with van der Waals surface area (Å²) in [6.45, 7) is 0.721. The molecule has 0 spiro atoms. The van der Waals surface area contributed by atoms with Crippen LogP contribution in [0.3, 0.4) is 0 Å². The number of alkyl halides is 4. The van der Waals surface area contributed by atoms with Crippen molar-refractivity contribution in [3.63, 3.8) is 0 Å². The van der Waals surface area contributed by atoms with Crippen molar-refractivity contribution in [3.8, 4) is 0 Å². The fourth-order valence-electron chi connectivity index (χ4n) is 6.30. The molecule has 3 unspecified atom stereocenters. The number of fused-ring (bicyclic) bond motifs is 3. The molecular formula is C27H27F5N2O5S. The van der Waals surface area contributed by atoms with Gasteiger partial charge in [-0.2, -0.15) is 13.2 Å². The van der Waals surface area contributed by atoms with Crippen molar-refractivity contribution in [1.29, 1.82) is 0 Å². The standard InChI is InChI=1S/C27H27F5N2O5S/c1-25(29,27(30,31)32)18-2-7-21-17(14-18)15-22-26(21,40(38,39)20-5-3-19(28)4-6-20)10-13-34(22)24(37)33-11-8-16(9-12-33)23(35)36/h2-7,14,16,22H,8-13,15H2,1H3,(H,35,36). The molecule has 2 aromatic rings. The third-order valence-corrected chi connectivity index (χ3v) is 11.2. The van der Waals surface area contributed by atoms with Gasteiger partial charge in [0.15, 0.2) is 9.84 Å². The Morgan fingerprint density at radius 2 is 1.62 bits per heavy atom. The number of rotatable bonds is 4. The average molecular weight is 587 g/mol. The molecule has 1 aliphatic carbocycles. The van der Waals surface area contributed by atoms with Crippen LogP contribution in [-0.2, 0) is 31.5 Å². The molecular weight excluding hydrogens is 559 g/mol. The summed E-state index contributed by atoms with van der Waals surface area (Å²) in [5.41, 5.74) is -4.00. The van der Waals surface area contributed by atoms with Crippen molar-refractivity contribution in [3.05, 3.63) is 65.0 Å².